The quantitative estimate of drug-likeness (QED) is 0.448. The van der Waals surface area contributed by atoms with Crippen LogP contribution in [0.15, 0.2) is 59.5 Å². The van der Waals surface area contributed by atoms with Gasteiger partial charge in [-0.15, -0.1) is 0 Å². The standard InChI is InChI=1S/C21H17ClN4OS/c1-12-10-14(11-15(22)17(12)26-28-2)19-18(13-6-4-3-5-7-13)25-21-20(24-19)16(27)8-9-23-21/h3-11,26H,1-2H3,(H,23,25,27). The van der Waals surface area contributed by atoms with Crippen LogP contribution in [0.4, 0.5) is 5.69 Å². The predicted molar refractivity (Wildman–Crippen MR) is 118 cm³/mol. The zero-order valence-electron chi connectivity index (χ0n) is 15.3. The van der Waals surface area contributed by atoms with Crippen LogP contribution in [-0.2, 0) is 0 Å². The molecule has 0 spiro atoms. The largest absolute Gasteiger partial charge is 0.345 e. The molecule has 0 amide bonds. The van der Waals surface area contributed by atoms with Gasteiger partial charge in [0.1, 0.15) is 0 Å². The molecule has 28 heavy (non-hydrogen) atoms. The molecule has 0 saturated carbocycles. The Morgan fingerprint density at radius 2 is 1.79 bits per heavy atom. The van der Waals surface area contributed by atoms with Crippen LogP contribution in [0.5, 0.6) is 0 Å². The molecule has 7 heteroatoms. The topological polar surface area (TPSA) is 70.7 Å². The SMILES string of the molecule is CSNc1c(C)cc(-c2nc3c(=O)cc[nH]c3nc2-c2ccccc2)cc1Cl. The number of aromatic amines is 1. The fourth-order valence-electron chi connectivity index (χ4n) is 3.09. The average Bonchev–Trinajstić information content (AvgIpc) is 2.71. The fourth-order valence-corrected chi connectivity index (χ4v) is 3.94. The Labute approximate surface area is 171 Å². The number of nitrogens with zero attached hydrogens (tertiary/aromatic N) is 2. The van der Waals surface area contributed by atoms with Crippen molar-refractivity contribution in [1.29, 1.82) is 0 Å². The Morgan fingerprint density at radius 3 is 2.50 bits per heavy atom. The van der Waals surface area contributed by atoms with E-state index in [4.69, 9.17) is 16.6 Å². The second-order valence-corrected chi connectivity index (χ2v) is 7.30. The highest BCUT2D eigenvalue weighted by molar-refractivity contribution is 7.99. The third-order valence-corrected chi connectivity index (χ3v) is 5.10. The summed E-state index contributed by atoms with van der Waals surface area (Å²) < 4.78 is 3.20. The number of aromatic nitrogens is 3. The lowest BCUT2D eigenvalue weighted by atomic mass is 10.0. The van der Waals surface area contributed by atoms with Gasteiger partial charge < -0.3 is 9.71 Å². The number of H-pyrrole nitrogens is 1. The van der Waals surface area contributed by atoms with Crippen molar-refractivity contribution in [2.24, 2.45) is 0 Å². The number of hydrogen-bond acceptors (Lipinski definition) is 5. The van der Waals surface area contributed by atoms with Gasteiger partial charge in [0, 0.05) is 29.6 Å². The maximum Gasteiger partial charge on any atom is 0.209 e. The summed E-state index contributed by atoms with van der Waals surface area (Å²) in [6, 6.07) is 15.1. The molecule has 4 aromatic rings. The maximum atomic E-state index is 12.3. The number of rotatable bonds is 4. The lowest BCUT2D eigenvalue weighted by molar-refractivity contribution is 1.21. The molecule has 2 N–H and O–H groups in total. The smallest absolute Gasteiger partial charge is 0.209 e. The molecular formula is C21H17ClN4OS. The number of benzene rings is 2. The molecule has 0 aliphatic rings. The van der Waals surface area contributed by atoms with Crippen molar-refractivity contribution < 1.29 is 0 Å². The van der Waals surface area contributed by atoms with Crippen LogP contribution >= 0.6 is 23.5 Å². The van der Waals surface area contributed by atoms with Crippen molar-refractivity contribution in [3.63, 3.8) is 0 Å². The first-order chi connectivity index (χ1) is 13.6. The molecular weight excluding hydrogens is 392 g/mol. The Morgan fingerprint density at radius 1 is 1.04 bits per heavy atom. The van der Waals surface area contributed by atoms with Gasteiger partial charge in [-0.1, -0.05) is 53.9 Å². The predicted octanol–water partition coefficient (Wildman–Crippen LogP) is 5.30. The summed E-state index contributed by atoms with van der Waals surface area (Å²) in [5.41, 5.74) is 5.47. The van der Waals surface area contributed by atoms with Gasteiger partial charge in [-0.2, -0.15) is 0 Å². The van der Waals surface area contributed by atoms with Crippen LogP contribution in [0.1, 0.15) is 5.56 Å². The summed E-state index contributed by atoms with van der Waals surface area (Å²) in [5, 5.41) is 0.590. The normalized spacial score (nSPS) is 11.0. The van der Waals surface area contributed by atoms with Crippen molar-refractivity contribution in [1.82, 2.24) is 15.0 Å². The van der Waals surface area contributed by atoms with E-state index in [0.29, 0.717) is 27.6 Å². The van der Waals surface area contributed by atoms with Gasteiger partial charge in [0.2, 0.25) is 5.43 Å². The highest BCUT2D eigenvalue weighted by Crippen LogP contribution is 2.36. The molecule has 2 aromatic heterocycles. The zero-order valence-corrected chi connectivity index (χ0v) is 16.9. The van der Waals surface area contributed by atoms with Crippen molar-refractivity contribution >= 4 is 40.4 Å². The Hall–Kier alpha value is -2.83. The van der Waals surface area contributed by atoms with Crippen LogP contribution in [-0.4, -0.2) is 21.2 Å². The molecule has 0 aliphatic heterocycles. The molecule has 0 saturated heterocycles. The minimum atomic E-state index is -0.175. The molecule has 0 unspecified atom stereocenters. The highest BCUT2D eigenvalue weighted by Gasteiger charge is 2.17. The molecule has 0 aliphatic carbocycles. The number of halogens is 1. The molecule has 0 fully saturated rings. The van der Waals surface area contributed by atoms with Crippen molar-refractivity contribution in [2.75, 3.05) is 11.0 Å². The van der Waals surface area contributed by atoms with Crippen LogP contribution in [0.25, 0.3) is 33.7 Å². The Bertz CT molecular complexity index is 1200. The Balaban J connectivity index is 2.02. The monoisotopic (exact) mass is 408 g/mol. The number of aryl methyl sites for hydroxylation is 1. The van der Waals surface area contributed by atoms with Gasteiger partial charge >= 0.3 is 0 Å². The lowest BCUT2D eigenvalue weighted by Gasteiger charge is -2.14. The third-order valence-electron chi connectivity index (χ3n) is 4.40. The number of anilines is 1. The average molecular weight is 409 g/mol. The van der Waals surface area contributed by atoms with E-state index in [1.165, 1.54) is 18.0 Å². The van der Waals surface area contributed by atoms with Gasteiger partial charge in [0.15, 0.2) is 11.2 Å². The number of hydrogen-bond donors (Lipinski definition) is 2. The van der Waals surface area contributed by atoms with Crippen LogP contribution in [0.2, 0.25) is 5.02 Å². The molecule has 140 valence electrons. The summed E-state index contributed by atoms with van der Waals surface area (Å²) >= 11 is 8.00. The molecule has 2 heterocycles. The molecule has 2 aromatic carbocycles. The molecule has 5 nitrogen and oxygen atoms in total. The van der Waals surface area contributed by atoms with E-state index in [-0.39, 0.29) is 5.43 Å². The zero-order chi connectivity index (χ0) is 19.7. The van der Waals surface area contributed by atoms with Gasteiger partial charge in [0.25, 0.3) is 0 Å². The second-order valence-electron chi connectivity index (χ2n) is 6.28. The van der Waals surface area contributed by atoms with E-state index in [1.807, 2.05) is 55.6 Å². The fraction of sp³-hybridized carbons (Fsp3) is 0.0952. The first kappa shape index (κ1) is 18.5. The van der Waals surface area contributed by atoms with E-state index < -0.39 is 0 Å². The van der Waals surface area contributed by atoms with Crippen molar-refractivity contribution in [3.05, 3.63) is 75.5 Å². The van der Waals surface area contributed by atoms with Crippen LogP contribution < -0.4 is 10.2 Å². The number of nitrogens with one attached hydrogen (secondary N) is 2. The summed E-state index contributed by atoms with van der Waals surface area (Å²) in [4.78, 5) is 24.7. The lowest BCUT2D eigenvalue weighted by Crippen LogP contribution is -2.07. The van der Waals surface area contributed by atoms with Crippen molar-refractivity contribution in [3.8, 4) is 22.5 Å². The van der Waals surface area contributed by atoms with E-state index in [1.54, 1.807) is 6.20 Å². The molecule has 4 rings (SSSR count). The maximum absolute atomic E-state index is 12.3. The first-order valence-corrected chi connectivity index (χ1v) is 10.2. The summed E-state index contributed by atoms with van der Waals surface area (Å²) in [5.74, 6) is 0. The molecule has 0 radical (unpaired) electrons. The summed E-state index contributed by atoms with van der Waals surface area (Å²) in [6.45, 7) is 1.98. The van der Waals surface area contributed by atoms with Gasteiger partial charge in [-0.3, -0.25) is 4.79 Å². The molecule has 0 bridgehead atoms. The minimum Gasteiger partial charge on any atom is -0.345 e. The number of fused-ring (bicyclic) bond motifs is 1. The Kier molecular flexibility index (Phi) is 5.07. The van der Waals surface area contributed by atoms with E-state index in [2.05, 4.69) is 14.7 Å². The van der Waals surface area contributed by atoms with E-state index >= 15 is 0 Å². The number of pyridine rings is 1. The third kappa shape index (κ3) is 3.37. The van der Waals surface area contributed by atoms with E-state index in [0.717, 1.165) is 22.4 Å². The highest BCUT2D eigenvalue weighted by atomic mass is 35.5. The first-order valence-electron chi connectivity index (χ1n) is 8.63. The van der Waals surface area contributed by atoms with Crippen molar-refractivity contribution in [2.45, 2.75) is 6.92 Å². The minimum absolute atomic E-state index is 0.175. The van der Waals surface area contributed by atoms with Crippen LogP contribution in [0, 0.1) is 6.92 Å². The van der Waals surface area contributed by atoms with Gasteiger partial charge in [-0.05, 0) is 24.6 Å². The van der Waals surface area contributed by atoms with Gasteiger partial charge in [-0.25, -0.2) is 9.97 Å². The summed E-state index contributed by atoms with van der Waals surface area (Å²) in [7, 11) is 0. The van der Waals surface area contributed by atoms with Crippen LogP contribution in [0.3, 0.4) is 0 Å². The summed E-state index contributed by atoms with van der Waals surface area (Å²) in [6.07, 6.45) is 3.52. The van der Waals surface area contributed by atoms with Gasteiger partial charge in [0.05, 0.1) is 22.1 Å². The van der Waals surface area contributed by atoms with E-state index in [9.17, 15) is 4.79 Å². The molecule has 0 atom stereocenters. The second kappa shape index (κ2) is 7.66.